The zero-order valence-electron chi connectivity index (χ0n) is 29.3. The Morgan fingerprint density at radius 2 is 1.06 bits per heavy atom. The number of rotatable bonds is 6. The van der Waals surface area contributed by atoms with Crippen LogP contribution in [-0.2, 0) is 0 Å². The maximum atomic E-state index is 9.03. The van der Waals surface area contributed by atoms with E-state index in [-0.39, 0.29) is 0 Å². The first-order chi connectivity index (χ1) is 26.1. The van der Waals surface area contributed by atoms with Crippen molar-refractivity contribution in [1.82, 2.24) is 14.5 Å². The molecule has 8 aromatic carbocycles. The van der Waals surface area contributed by atoms with Gasteiger partial charge in [-0.1, -0.05) is 133 Å². The fourth-order valence-electron chi connectivity index (χ4n) is 8.24. The Labute approximate surface area is 307 Å². The van der Waals surface area contributed by atoms with Gasteiger partial charge in [0.15, 0.2) is 0 Å². The molecule has 53 heavy (non-hydrogen) atoms. The highest BCUT2D eigenvalue weighted by Crippen LogP contribution is 2.43. The number of allylic oxidation sites excluding steroid dienone is 1. The van der Waals surface area contributed by atoms with Crippen LogP contribution in [-0.4, -0.2) is 21.5 Å². The second-order valence-corrected chi connectivity index (χ2v) is 13.8. The Balaban J connectivity index is 1.34. The van der Waals surface area contributed by atoms with E-state index in [9.17, 15) is 0 Å². The number of nitrogens with zero attached hydrogens (tertiary/aromatic N) is 2. The molecule has 0 radical (unpaired) electrons. The quantitative estimate of drug-likeness (QED) is 0.133. The number of aromatic nitrogens is 2. The number of benzene rings is 8. The van der Waals surface area contributed by atoms with Crippen molar-refractivity contribution in [3.63, 3.8) is 0 Å². The normalized spacial score (nSPS) is 12.3. The van der Waals surface area contributed by atoms with Crippen LogP contribution in [0.3, 0.4) is 0 Å². The minimum absolute atomic E-state index is 0.398. The molecule has 10 aromatic rings. The smallest absolute Gasteiger partial charge is 0.125 e. The highest BCUT2D eigenvalue weighted by Gasteiger charge is 2.22. The van der Waals surface area contributed by atoms with Gasteiger partial charge in [-0.2, -0.15) is 0 Å². The monoisotopic (exact) mass is 680 g/mol. The lowest BCUT2D eigenvalue weighted by atomic mass is 10.0. The second kappa shape index (κ2) is 12.4. The van der Waals surface area contributed by atoms with Crippen LogP contribution >= 0.6 is 0 Å². The molecule has 0 bridgehead atoms. The summed E-state index contributed by atoms with van der Waals surface area (Å²) in [6.45, 7) is 2.68. The highest BCUT2D eigenvalue weighted by molar-refractivity contribution is 6.26. The Morgan fingerprint density at radius 1 is 0.491 bits per heavy atom. The number of fused-ring (bicyclic) bond motifs is 9. The topological polar surface area (TPSA) is 45.7 Å². The molecule has 4 nitrogen and oxygen atoms in total. The first-order valence-corrected chi connectivity index (χ1v) is 18.2. The number of nitrogens with one attached hydrogen (secondary N) is 2. The molecule has 0 saturated heterocycles. The molecule has 0 amide bonds. The predicted molar refractivity (Wildman–Crippen MR) is 225 cm³/mol. The third-order valence-corrected chi connectivity index (χ3v) is 10.8. The van der Waals surface area contributed by atoms with Gasteiger partial charge in [-0.3, -0.25) is 5.41 Å². The Hall–Kier alpha value is -6.91. The van der Waals surface area contributed by atoms with Crippen molar-refractivity contribution in [3.05, 3.63) is 187 Å². The number of amidine groups is 1. The first kappa shape index (κ1) is 30.9. The van der Waals surface area contributed by atoms with Crippen LogP contribution in [0.25, 0.3) is 82.1 Å². The van der Waals surface area contributed by atoms with Crippen molar-refractivity contribution in [2.24, 2.45) is 0 Å². The van der Waals surface area contributed by atoms with E-state index in [0.29, 0.717) is 12.4 Å². The SMILES string of the molecule is C/C(=C(\CNC(=N)c1ccccc1)n1c2cc3c4cc5ccccc5cc4n(-c4ccccc4)c3cc2c2c3ccccc3ccc21)c1ccccc1. The molecular weight excluding hydrogens is 645 g/mol. The average Bonchev–Trinajstić information content (AvgIpc) is 3.71. The van der Waals surface area contributed by atoms with Crippen molar-refractivity contribution in [2.45, 2.75) is 6.92 Å². The number of hydrogen-bond donors (Lipinski definition) is 2. The van der Waals surface area contributed by atoms with Gasteiger partial charge in [0.25, 0.3) is 0 Å². The van der Waals surface area contributed by atoms with Crippen LogP contribution in [0.4, 0.5) is 0 Å². The number of hydrogen-bond acceptors (Lipinski definition) is 1. The molecule has 0 unspecified atom stereocenters. The Morgan fingerprint density at radius 3 is 1.79 bits per heavy atom. The van der Waals surface area contributed by atoms with Crippen molar-refractivity contribution in [3.8, 4) is 5.69 Å². The van der Waals surface area contributed by atoms with Gasteiger partial charge in [0.2, 0.25) is 0 Å². The molecule has 0 aliphatic heterocycles. The fourth-order valence-corrected chi connectivity index (χ4v) is 8.24. The zero-order valence-corrected chi connectivity index (χ0v) is 29.3. The third-order valence-electron chi connectivity index (χ3n) is 10.8. The first-order valence-electron chi connectivity index (χ1n) is 18.2. The van der Waals surface area contributed by atoms with Crippen LogP contribution in [0.5, 0.6) is 0 Å². The van der Waals surface area contributed by atoms with E-state index in [1.165, 1.54) is 54.1 Å². The van der Waals surface area contributed by atoms with Crippen molar-refractivity contribution in [1.29, 1.82) is 5.41 Å². The molecule has 0 aliphatic rings. The Kier molecular flexibility index (Phi) is 7.22. The lowest BCUT2D eigenvalue weighted by Crippen LogP contribution is -2.27. The van der Waals surface area contributed by atoms with Crippen molar-refractivity contribution >= 4 is 82.3 Å². The molecule has 4 heteroatoms. The van der Waals surface area contributed by atoms with Gasteiger partial charge in [-0.05, 0) is 82.1 Å². The average molecular weight is 681 g/mol. The van der Waals surface area contributed by atoms with Crippen molar-refractivity contribution in [2.75, 3.05) is 6.54 Å². The molecule has 2 aromatic heterocycles. The molecule has 0 saturated carbocycles. The van der Waals surface area contributed by atoms with E-state index < -0.39 is 0 Å². The minimum Gasteiger partial charge on any atom is -0.364 e. The van der Waals surface area contributed by atoms with E-state index in [0.717, 1.165) is 39.1 Å². The van der Waals surface area contributed by atoms with Crippen LogP contribution < -0.4 is 5.32 Å². The summed E-state index contributed by atoms with van der Waals surface area (Å²) in [7, 11) is 0. The summed E-state index contributed by atoms with van der Waals surface area (Å²) < 4.78 is 4.89. The largest absolute Gasteiger partial charge is 0.364 e. The summed E-state index contributed by atoms with van der Waals surface area (Å²) in [6, 6.07) is 62.7. The van der Waals surface area contributed by atoms with Crippen LogP contribution in [0.2, 0.25) is 0 Å². The lowest BCUT2D eigenvalue weighted by Gasteiger charge is -2.19. The molecule has 0 atom stereocenters. The van der Waals surface area contributed by atoms with E-state index in [2.05, 4.69) is 167 Å². The summed E-state index contributed by atoms with van der Waals surface area (Å²) in [5.74, 6) is 0.398. The summed E-state index contributed by atoms with van der Waals surface area (Å²) in [5, 5.41) is 22.3. The summed E-state index contributed by atoms with van der Waals surface area (Å²) in [5.41, 5.74) is 10.1. The maximum absolute atomic E-state index is 9.03. The summed E-state index contributed by atoms with van der Waals surface area (Å²) in [4.78, 5) is 0. The maximum Gasteiger partial charge on any atom is 0.125 e. The molecule has 0 aliphatic carbocycles. The molecule has 0 fully saturated rings. The van der Waals surface area contributed by atoms with Gasteiger partial charge in [-0.15, -0.1) is 0 Å². The van der Waals surface area contributed by atoms with Gasteiger partial charge < -0.3 is 14.5 Å². The standard InChI is InChI=1S/C49H36N4/c1-32(33-15-5-2-6-16-33)47(31-51-49(50)35-18-7-3-8-19-35)53-43-26-25-34-17-13-14-24-39(34)48(43)42-30-45-41(29-46(42)53)40-27-36-20-11-12-21-37(36)28-44(40)52(45)38-22-9-4-10-23-38/h2-30H,31H2,1H3,(H2,50,51)/b47-32-. The molecule has 2 N–H and O–H groups in total. The fraction of sp³-hybridized carbons (Fsp3) is 0.0408. The third kappa shape index (κ3) is 5.02. The molecule has 2 heterocycles. The molecular formula is C49H36N4. The van der Waals surface area contributed by atoms with Crippen LogP contribution in [0.1, 0.15) is 18.1 Å². The number of para-hydroxylation sites is 1. The molecule has 0 spiro atoms. The van der Waals surface area contributed by atoms with E-state index >= 15 is 0 Å². The van der Waals surface area contributed by atoms with Gasteiger partial charge in [0.05, 0.1) is 28.6 Å². The predicted octanol–water partition coefficient (Wildman–Crippen LogP) is 12.2. The summed E-state index contributed by atoms with van der Waals surface area (Å²) in [6.07, 6.45) is 0. The van der Waals surface area contributed by atoms with E-state index in [4.69, 9.17) is 5.41 Å². The Bertz CT molecular complexity index is 3060. The van der Waals surface area contributed by atoms with Gasteiger partial charge >= 0.3 is 0 Å². The van der Waals surface area contributed by atoms with E-state index in [1.807, 2.05) is 30.3 Å². The lowest BCUT2D eigenvalue weighted by molar-refractivity contribution is 0.986. The highest BCUT2D eigenvalue weighted by atomic mass is 15.1. The van der Waals surface area contributed by atoms with E-state index in [1.54, 1.807) is 0 Å². The van der Waals surface area contributed by atoms with Crippen LogP contribution in [0.15, 0.2) is 176 Å². The zero-order chi connectivity index (χ0) is 35.5. The van der Waals surface area contributed by atoms with Crippen molar-refractivity contribution < 1.29 is 0 Å². The van der Waals surface area contributed by atoms with Gasteiger partial charge in [0, 0.05) is 38.5 Å². The summed E-state index contributed by atoms with van der Waals surface area (Å²) >= 11 is 0. The molecule has 252 valence electrons. The van der Waals surface area contributed by atoms with Gasteiger partial charge in [-0.25, -0.2) is 0 Å². The second-order valence-electron chi connectivity index (χ2n) is 13.8. The van der Waals surface area contributed by atoms with Crippen LogP contribution in [0, 0.1) is 5.41 Å². The van der Waals surface area contributed by atoms with Gasteiger partial charge in [0.1, 0.15) is 5.84 Å². The molecule has 10 rings (SSSR count). The minimum atomic E-state index is 0.398.